The van der Waals surface area contributed by atoms with Crippen LogP contribution in [0.5, 0.6) is 5.75 Å². The van der Waals surface area contributed by atoms with Crippen molar-refractivity contribution in [1.82, 2.24) is 10.6 Å². The normalized spacial score (nSPS) is 18.7. The van der Waals surface area contributed by atoms with Gasteiger partial charge in [0.05, 0.1) is 18.2 Å². The largest absolute Gasteiger partial charge is 0.493 e. The maximum absolute atomic E-state index is 12.2. The van der Waals surface area contributed by atoms with Crippen molar-refractivity contribution in [3.8, 4) is 5.75 Å². The lowest BCUT2D eigenvalue weighted by Gasteiger charge is -2.30. The van der Waals surface area contributed by atoms with E-state index in [9.17, 15) is 4.79 Å². The SMILES string of the molecule is CNC(C)(C)C(=O)NC1CCOc2ccccc21. The minimum absolute atomic E-state index is 0.00621. The van der Waals surface area contributed by atoms with E-state index in [-0.39, 0.29) is 11.9 Å². The third-order valence-electron chi connectivity index (χ3n) is 3.46. The number of likely N-dealkylation sites (N-methyl/N-ethyl adjacent to an activating group) is 1. The summed E-state index contributed by atoms with van der Waals surface area (Å²) in [5.41, 5.74) is 0.497. The average Bonchev–Trinajstić information content (AvgIpc) is 2.39. The molecular weight excluding hydrogens is 228 g/mol. The van der Waals surface area contributed by atoms with Gasteiger partial charge in [-0.25, -0.2) is 0 Å². The highest BCUT2D eigenvalue weighted by molar-refractivity contribution is 5.85. The molecule has 0 fully saturated rings. The Balaban J connectivity index is 2.15. The number of benzene rings is 1. The lowest BCUT2D eigenvalue weighted by molar-refractivity contribution is -0.127. The molecule has 1 unspecified atom stereocenters. The summed E-state index contributed by atoms with van der Waals surface area (Å²) < 4.78 is 5.58. The zero-order valence-corrected chi connectivity index (χ0v) is 11.1. The molecule has 2 rings (SSSR count). The summed E-state index contributed by atoms with van der Waals surface area (Å²) in [7, 11) is 1.79. The Labute approximate surface area is 108 Å². The zero-order chi connectivity index (χ0) is 13.2. The van der Waals surface area contributed by atoms with Crippen molar-refractivity contribution in [3.63, 3.8) is 0 Å². The number of para-hydroxylation sites is 1. The van der Waals surface area contributed by atoms with Crippen molar-refractivity contribution in [3.05, 3.63) is 29.8 Å². The van der Waals surface area contributed by atoms with Crippen LogP contribution in [0.2, 0.25) is 0 Å². The molecule has 1 amide bonds. The average molecular weight is 248 g/mol. The summed E-state index contributed by atoms with van der Waals surface area (Å²) in [4.78, 5) is 12.2. The highest BCUT2D eigenvalue weighted by Gasteiger charge is 2.29. The van der Waals surface area contributed by atoms with Crippen molar-refractivity contribution in [2.24, 2.45) is 0 Å². The predicted octanol–water partition coefficient (Wildman–Crippen LogP) is 1.62. The van der Waals surface area contributed by atoms with Gasteiger partial charge in [0.15, 0.2) is 0 Å². The number of hydrogen-bond donors (Lipinski definition) is 2. The second kappa shape index (κ2) is 4.98. The van der Waals surface area contributed by atoms with E-state index >= 15 is 0 Å². The topological polar surface area (TPSA) is 50.4 Å². The van der Waals surface area contributed by atoms with E-state index in [2.05, 4.69) is 10.6 Å². The van der Waals surface area contributed by atoms with Crippen LogP contribution in [0.25, 0.3) is 0 Å². The fourth-order valence-electron chi connectivity index (χ4n) is 1.94. The quantitative estimate of drug-likeness (QED) is 0.854. The number of hydrogen-bond acceptors (Lipinski definition) is 3. The number of carbonyl (C=O) groups is 1. The Morgan fingerprint density at radius 2 is 2.11 bits per heavy atom. The van der Waals surface area contributed by atoms with Gasteiger partial charge in [-0.1, -0.05) is 18.2 Å². The van der Waals surface area contributed by atoms with Crippen LogP contribution in [0.1, 0.15) is 31.9 Å². The number of carbonyl (C=O) groups excluding carboxylic acids is 1. The minimum atomic E-state index is -0.562. The summed E-state index contributed by atoms with van der Waals surface area (Å²) in [6.07, 6.45) is 0.808. The monoisotopic (exact) mass is 248 g/mol. The Kier molecular flexibility index (Phi) is 3.57. The molecule has 0 aliphatic carbocycles. The first-order chi connectivity index (χ1) is 8.54. The highest BCUT2D eigenvalue weighted by atomic mass is 16.5. The predicted molar refractivity (Wildman–Crippen MR) is 70.6 cm³/mol. The van der Waals surface area contributed by atoms with Crippen LogP contribution >= 0.6 is 0 Å². The minimum Gasteiger partial charge on any atom is -0.493 e. The van der Waals surface area contributed by atoms with Crippen LogP contribution < -0.4 is 15.4 Å². The molecule has 1 aromatic rings. The van der Waals surface area contributed by atoms with Crippen LogP contribution in [-0.4, -0.2) is 25.1 Å². The van der Waals surface area contributed by atoms with Gasteiger partial charge in [-0.2, -0.15) is 0 Å². The first-order valence-corrected chi connectivity index (χ1v) is 6.26. The Bertz CT molecular complexity index is 443. The van der Waals surface area contributed by atoms with E-state index < -0.39 is 5.54 Å². The lowest BCUT2D eigenvalue weighted by Crippen LogP contribution is -2.52. The van der Waals surface area contributed by atoms with Crippen molar-refractivity contribution in [2.45, 2.75) is 31.8 Å². The van der Waals surface area contributed by atoms with Crippen LogP contribution in [-0.2, 0) is 4.79 Å². The van der Waals surface area contributed by atoms with E-state index in [1.54, 1.807) is 7.05 Å². The first kappa shape index (κ1) is 12.9. The molecule has 18 heavy (non-hydrogen) atoms. The van der Waals surface area contributed by atoms with Gasteiger partial charge in [0, 0.05) is 12.0 Å². The molecule has 1 atom stereocenters. The number of amides is 1. The molecule has 0 aromatic heterocycles. The summed E-state index contributed by atoms with van der Waals surface area (Å²) in [5, 5.41) is 6.10. The molecule has 0 spiro atoms. The van der Waals surface area contributed by atoms with Gasteiger partial charge in [-0.15, -0.1) is 0 Å². The molecule has 4 heteroatoms. The van der Waals surface area contributed by atoms with Gasteiger partial charge in [-0.3, -0.25) is 4.79 Å². The van der Waals surface area contributed by atoms with E-state index in [4.69, 9.17) is 4.74 Å². The van der Waals surface area contributed by atoms with Gasteiger partial charge in [-0.05, 0) is 27.0 Å². The Hall–Kier alpha value is -1.55. The summed E-state index contributed by atoms with van der Waals surface area (Å²) >= 11 is 0. The second-order valence-corrected chi connectivity index (χ2v) is 5.08. The molecule has 0 saturated carbocycles. The number of nitrogens with one attached hydrogen (secondary N) is 2. The summed E-state index contributed by atoms with van der Waals surface area (Å²) in [6, 6.07) is 7.90. The van der Waals surface area contributed by atoms with Gasteiger partial charge in [0.25, 0.3) is 0 Å². The smallest absolute Gasteiger partial charge is 0.240 e. The maximum atomic E-state index is 12.2. The van der Waals surface area contributed by atoms with Gasteiger partial charge < -0.3 is 15.4 Å². The molecule has 0 bridgehead atoms. The Morgan fingerprint density at radius 3 is 2.83 bits per heavy atom. The molecule has 1 aliphatic rings. The molecule has 98 valence electrons. The fraction of sp³-hybridized carbons (Fsp3) is 0.500. The van der Waals surface area contributed by atoms with Gasteiger partial charge >= 0.3 is 0 Å². The van der Waals surface area contributed by atoms with Crippen LogP contribution in [0.4, 0.5) is 0 Å². The molecule has 0 saturated heterocycles. The lowest BCUT2D eigenvalue weighted by atomic mass is 9.98. The second-order valence-electron chi connectivity index (χ2n) is 5.08. The maximum Gasteiger partial charge on any atom is 0.240 e. The van der Waals surface area contributed by atoms with Crippen LogP contribution in [0.15, 0.2) is 24.3 Å². The van der Waals surface area contributed by atoms with Crippen molar-refractivity contribution < 1.29 is 9.53 Å². The molecule has 1 aliphatic heterocycles. The summed E-state index contributed by atoms with van der Waals surface area (Å²) in [5.74, 6) is 0.878. The first-order valence-electron chi connectivity index (χ1n) is 6.26. The molecule has 1 aromatic carbocycles. The molecule has 0 radical (unpaired) electrons. The van der Waals surface area contributed by atoms with Crippen LogP contribution in [0.3, 0.4) is 0 Å². The summed E-state index contributed by atoms with van der Waals surface area (Å²) in [6.45, 7) is 4.38. The van der Waals surface area contributed by atoms with Gasteiger partial charge in [0.1, 0.15) is 5.75 Å². The zero-order valence-electron chi connectivity index (χ0n) is 11.1. The van der Waals surface area contributed by atoms with E-state index in [1.165, 1.54) is 0 Å². The number of fused-ring (bicyclic) bond motifs is 1. The number of ether oxygens (including phenoxy) is 1. The van der Waals surface area contributed by atoms with E-state index in [1.807, 2.05) is 38.1 Å². The van der Waals surface area contributed by atoms with Crippen LogP contribution in [0, 0.1) is 0 Å². The van der Waals surface area contributed by atoms with Crippen molar-refractivity contribution in [1.29, 1.82) is 0 Å². The van der Waals surface area contributed by atoms with Gasteiger partial charge in [0.2, 0.25) is 5.91 Å². The van der Waals surface area contributed by atoms with E-state index in [0.29, 0.717) is 6.61 Å². The molecule has 4 nitrogen and oxygen atoms in total. The Morgan fingerprint density at radius 1 is 1.39 bits per heavy atom. The van der Waals surface area contributed by atoms with E-state index in [0.717, 1.165) is 17.7 Å². The highest BCUT2D eigenvalue weighted by Crippen LogP contribution is 2.31. The third kappa shape index (κ3) is 2.48. The van der Waals surface area contributed by atoms with Crippen molar-refractivity contribution in [2.75, 3.05) is 13.7 Å². The molecule has 1 heterocycles. The van der Waals surface area contributed by atoms with Crippen molar-refractivity contribution >= 4 is 5.91 Å². The number of rotatable bonds is 3. The molecule has 2 N–H and O–H groups in total. The molecular formula is C14H20N2O2. The standard InChI is InChI=1S/C14H20N2O2/c1-14(2,15-3)13(17)16-11-8-9-18-12-7-5-4-6-10(11)12/h4-7,11,15H,8-9H2,1-3H3,(H,16,17). The fourth-order valence-corrected chi connectivity index (χ4v) is 1.94. The third-order valence-corrected chi connectivity index (χ3v) is 3.46.